The maximum Gasteiger partial charge on any atom is 0.230 e. The van der Waals surface area contributed by atoms with E-state index in [1.165, 1.54) is 0 Å². The van der Waals surface area contributed by atoms with Crippen molar-refractivity contribution in [2.75, 3.05) is 0 Å². The average Bonchev–Trinajstić information content (AvgIpc) is 3.07. The van der Waals surface area contributed by atoms with Crippen molar-refractivity contribution < 1.29 is 4.79 Å². The summed E-state index contributed by atoms with van der Waals surface area (Å²) in [6, 6.07) is 9.87. The second kappa shape index (κ2) is 4.81. The standard InChI is InChI=1S/C14H14BrN3O/c15-11-3-1-10(2-4-11)14(6-7-14)13(19)16-9-12-5-8-17-18-12/h1-5,8H,6-7,9H2,(H,16,19)(H,17,18). The SMILES string of the molecule is O=C(NCc1ccn[nH]1)C1(c2ccc(Br)cc2)CC1. The number of nitrogens with one attached hydrogen (secondary N) is 2. The smallest absolute Gasteiger partial charge is 0.230 e. The fraction of sp³-hybridized carbons (Fsp3) is 0.286. The first-order valence-corrected chi connectivity index (χ1v) is 7.03. The second-order valence-electron chi connectivity index (χ2n) is 4.85. The van der Waals surface area contributed by atoms with Gasteiger partial charge < -0.3 is 5.32 Å². The first-order valence-electron chi connectivity index (χ1n) is 6.23. The van der Waals surface area contributed by atoms with Gasteiger partial charge in [-0.3, -0.25) is 9.89 Å². The molecular formula is C14H14BrN3O. The number of aromatic nitrogens is 2. The Morgan fingerprint density at radius 3 is 2.63 bits per heavy atom. The Bertz CT molecular complexity index is 573. The quantitative estimate of drug-likeness (QED) is 0.909. The third-order valence-corrected chi connectivity index (χ3v) is 4.11. The van der Waals surface area contributed by atoms with E-state index in [0.717, 1.165) is 28.6 Å². The van der Waals surface area contributed by atoms with Gasteiger partial charge in [-0.2, -0.15) is 5.10 Å². The van der Waals surface area contributed by atoms with Crippen molar-refractivity contribution in [1.82, 2.24) is 15.5 Å². The van der Waals surface area contributed by atoms with Gasteiger partial charge >= 0.3 is 0 Å². The van der Waals surface area contributed by atoms with Gasteiger partial charge in [-0.05, 0) is 36.6 Å². The van der Waals surface area contributed by atoms with E-state index in [9.17, 15) is 4.79 Å². The van der Waals surface area contributed by atoms with Crippen LogP contribution < -0.4 is 5.32 Å². The third-order valence-electron chi connectivity index (χ3n) is 3.58. The number of carbonyl (C=O) groups is 1. The molecule has 1 aromatic carbocycles. The predicted octanol–water partition coefficient (Wildman–Crippen LogP) is 2.52. The first-order chi connectivity index (χ1) is 9.21. The summed E-state index contributed by atoms with van der Waals surface area (Å²) in [5.74, 6) is 0.101. The molecule has 3 rings (SSSR count). The molecule has 0 bridgehead atoms. The Morgan fingerprint density at radius 1 is 1.32 bits per heavy atom. The molecule has 98 valence electrons. The van der Waals surface area contributed by atoms with Crippen LogP contribution in [0.4, 0.5) is 0 Å². The molecule has 0 saturated heterocycles. The lowest BCUT2D eigenvalue weighted by molar-refractivity contribution is -0.123. The Kier molecular flexibility index (Phi) is 3.14. The molecule has 1 aromatic heterocycles. The summed E-state index contributed by atoms with van der Waals surface area (Å²) in [7, 11) is 0. The minimum atomic E-state index is -0.319. The van der Waals surface area contributed by atoms with Crippen LogP contribution in [0.25, 0.3) is 0 Å². The molecule has 0 radical (unpaired) electrons. The molecular weight excluding hydrogens is 306 g/mol. The number of nitrogens with zero attached hydrogens (tertiary/aromatic N) is 1. The van der Waals surface area contributed by atoms with Gasteiger partial charge in [-0.15, -0.1) is 0 Å². The molecule has 19 heavy (non-hydrogen) atoms. The van der Waals surface area contributed by atoms with Crippen molar-refractivity contribution in [2.24, 2.45) is 0 Å². The van der Waals surface area contributed by atoms with Gasteiger partial charge in [0.1, 0.15) is 0 Å². The number of H-pyrrole nitrogens is 1. The highest BCUT2D eigenvalue weighted by Crippen LogP contribution is 2.48. The Balaban J connectivity index is 1.70. The predicted molar refractivity (Wildman–Crippen MR) is 75.5 cm³/mol. The van der Waals surface area contributed by atoms with Gasteiger partial charge in [0.05, 0.1) is 17.7 Å². The van der Waals surface area contributed by atoms with Crippen molar-refractivity contribution in [2.45, 2.75) is 24.8 Å². The van der Waals surface area contributed by atoms with E-state index in [0.29, 0.717) is 6.54 Å². The van der Waals surface area contributed by atoms with Gasteiger partial charge in [-0.1, -0.05) is 28.1 Å². The molecule has 4 nitrogen and oxygen atoms in total. The number of benzene rings is 1. The van der Waals surface area contributed by atoms with E-state index in [1.54, 1.807) is 6.20 Å². The zero-order valence-corrected chi connectivity index (χ0v) is 11.9. The van der Waals surface area contributed by atoms with E-state index in [2.05, 4.69) is 31.4 Å². The van der Waals surface area contributed by atoms with Gasteiger partial charge in [0, 0.05) is 10.7 Å². The maximum atomic E-state index is 12.4. The highest BCUT2D eigenvalue weighted by molar-refractivity contribution is 9.10. The Morgan fingerprint density at radius 2 is 2.05 bits per heavy atom. The van der Waals surface area contributed by atoms with Crippen LogP contribution in [-0.2, 0) is 16.8 Å². The van der Waals surface area contributed by atoms with Crippen LogP contribution >= 0.6 is 15.9 Å². The first kappa shape index (κ1) is 12.4. The summed E-state index contributed by atoms with van der Waals surface area (Å²) in [5.41, 5.74) is 1.69. The molecule has 0 unspecified atom stereocenters. The molecule has 0 aliphatic heterocycles. The van der Waals surface area contributed by atoms with Crippen LogP contribution in [-0.4, -0.2) is 16.1 Å². The van der Waals surface area contributed by atoms with Gasteiger partial charge in [-0.25, -0.2) is 0 Å². The molecule has 2 N–H and O–H groups in total. The number of halogens is 1. The number of hydrogen-bond donors (Lipinski definition) is 2. The van der Waals surface area contributed by atoms with Gasteiger partial charge in [0.2, 0.25) is 5.91 Å². The van der Waals surface area contributed by atoms with E-state index in [4.69, 9.17) is 0 Å². The lowest BCUT2D eigenvalue weighted by atomic mass is 9.95. The topological polar surface area (TPSA) is 57.8 Å². The number of aromatic amines is 1. The molecule has 1 saturated carbocycles. The summed E-state index contributed by atoms with van der Waals surface area (Å²) in [6.07, 6.45) is 3.52. The van der Waals surface area contributed by atoms with Gasteiger partial charge in [0.25, 0.3) is 0 Å². The third kappa shape index (κ3) is 2.42. The highest BCUT2D eigenvalue weighted by Gasteiger charge is 2.50. The summed E-state index contributed by atoms with van der Waals surface area (Å²) in [6.45, 7) is 0.497. The lowest BCUT2D eigenvalue weighted by Crippen LogP contribution is -2.34. The van der Waals surface area contributed by atoms with Crippen LogP contribution in [0.2, 0.25) is 0 Å². The Hall–Kier alpha value is -1.62. The van der Waals surface area contributed by atoms with Crippen LogP contribution in [0.3, 0.4) is 0 Å². The van der Waals surface area contributed by atoms with E-state index < -0.39 is 0 Å². The minimum absolute atomic E-state index is 0.101. The van der Waals surface area contributed by atoms with Crippen LogP contribution in [0.1, 0.15) is 24.1 Å². The summed E-state index contributed by atoms with van der Waals surface area (Å²) in [5, 5.41) is 9.68. The van der Waals surface area contributed by atoms with Crippen molar-refractivity contribution in [3.8, 4) is 0 Å². The molecule has 1 aliphatic carbocycles. The molecule has 0 spiro atoms. The molecule has 1 aliphatic rings. The second-order valence-corrected chi connectivity index (χ2v) is 5.77. The molecule has 1 heterocycles. The molecule has 1 fully saturated rings. The molecule has 2 aromatic rings. The average molecular weight is 320 g/mol. The number of hydrogen-bond acceptors (Lipinski definition) is 2. The van der Waals surface area contributed by atoms with Crippen LogP contribution in [0.15, 0.2) is 41.0 Å². The molecule has 0 atom stereocenters. The largest absolute Gasteiger partial charge is 0.350 e. The number of rotatable bonds is 4. The Labute approximate surface area is 119 Å². The monoisotopic (exact) mass is 319 g/mol. The van der Waals surface area contributed by atoms with Crippen molar-refractivity contribution in [3.63, 3.8) is 0 Å². The van der Waals surface area contributed by atoms with Gasteiger partial charge in [0.15, 0.2) is 0 Å². The number of amides is 1. The van der Waals surface area contributed by atoms with E-state index in [1.807, 2.05) is 30.3 Å². The van der Waals surface area contributed by atoms with Crippen molar-refractivity contribution >= 4 is 21.8 Å². The van der Waals surface area contributed by atoms with E-state index in [-0.39, 0.29) is 11.3 Å². The maximum absolute atomic E-state index is 12.4. The molecule has 1 amide bonds. The number of carbonyl (C=O) groups excluding carboxylic acids is 1. The molecule has 5 heteroatoms. The lowest BCUT2D eigenvalue weighted by Gasteiger charge is -2.15. The fourth-order valence-corrected chi connectivity index (χ4v) is 2.53. The normalized spacial score (nSPS) is 16.1. The van der Waals surface area contributed by atoms with Crippen molar-refractivity contribution in [1.29, 1.82) is 0 Å². The van der Waals surface area contributed by atoms with Crippen LogP contribution in [0.5, 0.6) is 0 Å². The minimum Gasteiger partial charge on any atom is -0.350 e. The van der Waals surface area contributed by atoms with Crippen LogP contribution in [0, 0.1) is 0 Å². The summed E-state index contributed by atoms with van der Waals surface area (Å²) < 4.78 is 1.03. The zero-order valence-electron chi connectivity index (χ0n) is 10.3. The van der Waals surface area contributed by atoms with Crippen molar-refractivity contribution in [3.05, 3.63) is 52.3 Å². The summed E-state index contributed by atoms with van der Waals surface area (Å²) >= 11 is 3.41. The van der Waals surface area contributed by atoms with E-state index >= 15 is 0 Å². The summed E-state index contributed by atoms with van der Waals surface area (Å²) in [4.78, 5) is 12.4. The highest BCUT2D eigenvalue weighted by atomic mass is 79.9. The zero-order chi connectivity index (χ0) is 13.3. The fourth-order valence-electron chi connectivity index (χ4n) is 2.27.